The first kappa shape index (κ1) is 28.4. The molecule has 1 saturated carbocycles. The van der Waals surface area contributed by atoms with Crippen molar-refractivity contribution in [3.8, 4) is 0 Å². The van der Waals surface area contributed by atoms with E-state index in [0.717, 1.165) is 18.4 Å². The van der Waals surface area contributed by atoms with Crippen molar-refractivity contribution in [3.05, 3.63) is 47.3 Å². The molecule has 1 aromatic carbocycles. The fraction of sp³-hybridized carbons (Fsp3) is 0.571. The quantitative estimate of drug-likeness (QED) is 0.328. The van der Waals surface area contributed by atoms with Gasteiger partial charge < -0.3 is 9.64 Å². The molecular formula is C28H36FN3O5S. The Kier molecular flexibility index (Phi) is 9.73. The average Bonchev–Trinajstić information content (AvgIpc) is 3.72. The number of ether oxygens (including phenoxy) is 1. The first-order valence-corrected chi connectivity index (χ1v) is 14.2. The van der Waals surface area contributed by atoms with E-state index in [9.17, 15) is 23.6 Å². The molecular weight excluding hydrogens is 509 g/mol. The normalized spacial score (nSPS) is 22.9. The first-order chi connectivity index (χ1) is 18.3. The van der Waals surface area contributed by atoms with Crippen LogP contribution in [0.1, 0.15) is 44.7 Å². The molecule has 8 nitrogen and oxygen atoms in total. The number of nitrogens with zero attached hydrogens (tertiary/aromatic N) is 3. The maximum Gasteiger partial charge on any atom is 0.325 e. The van der Waals surface area contributed by atoms with E-state index in [-0.39, 0.29) is 53.5 Å². The summed E-state index contributed by atoms with van der Waals surface area (Å²) in [5.41, 5.74) is 1.42. The van der Waals surface area contributed by atoms with Crippen LogP contribution in [0.2, 0.25) is 0 Å². The Hall–Kier alpha value is -2.56. The van der Waals surface area contributed by atoms with Crippen LogP contribution in [0.4, 0.5) is 4.39 Å². The molecule has 1 aromatic rings. The zero-order chi connectivity index (χ0) is 27.2. The number of halogens is 1. The molecule has 0 radical (unpaired) electrons. The number of carbonyl (C=O) groups is 4. The van der Waals surface area contributed by atoms with Gasteiger partial charge in [0.05, 0.1) is 19.2 Å². The Morgan fingerprint density at radius 1 is 1.13 bits per heavy atom. The summed E-state index contributed by atoms with van der Waals surface area (Å²) in [4.78, 5) is 55.3. The molecule has 2 heterocycles. The van der Waals surface area contributed by atoms with E-state index in [2.05, 4.69) is 6.08 Å². The fourth-order valence-corrected chi connectivity index (χ4v) is 6.09. The molecule has 3 fully saturated rings. The van der Waals surface area contributed by atoms with Crippen LogP contribution < -0.4 is 0 Å². The van der Waals surface area contributed by atoms with Gasteiger partial charge in [-0.2, -0.15) is 0 Å². The summed E-state index contributed by atoms with van der Waals surface area (Å²) in [5, 5.41) is -0.00123. The topological polar surface area (TPSA) is 87.2 Å². The summed E-state index contributed by atoms with van der Waals surface area (Å²) in [5.74, 6) is -0.870. The molecule has 2 unspecified atom stereocenters. The molecule has 206 valence electrons. The van der Waals surface area contributed by atoms with Gasteiger partial charge in [-0.15, -0.1) is 0 Å². The Balaban J connectivity index is 1.47. The summed E-state index contributed by atoms with van der Waals surface area (Å²) in [6, 6.07) is 5.84. The van der Waals surface area contributed by atoms with E-state index in [1.807, 2.05) is 9.80 Å². The maximum absolute atomic E-state index is 14.9. The second-order valence-electron chi connectivity index (χ2n) is 10.1. The molecule has 2 atom stereocenters. The van der Waals surface area contributed by atoms with Crippen molar-refractivity contribution in [2.75, 3.05) is 52.4 Å². The number of piperazine rings is 1. The molecule has 3 aliphatic rings. The largest absolute Gasteiger partial charge is 0.465 e. The zero-order valence-electron chi connectivity index (χ0n) is 22.1. The number of Topliss-reactive ketones (excluding diaryl/α,β-unsaturated/α-hetero) is 1. The van der Waals surface area contributed by atoms with Gasteiger partial charge in [-0.1, -0.05) is 36.0 Å². The molecule has 1 aliphatic carbocycles. The van der Waals surface area contributed by atoms with Crippen molar-refractivity contribution < 1.29 is 28.3 Å². The van der Waals surface area contributed by atoms with Crippen LogP contribution in [0.15, 0.2) is 35.9 Å². The lowest BCUT2D eigenvalue weighted by molar-refractivity contribution is -0.150. The van der Waals surface area contributed by atoms with E-state index < -0.39 is 12.0 Å². The van der Waals surface area contributed by atoms with Gasteiger partial charge in [0.1, 0.15) is 12.4 Å². The number of esters is 1. The number of carbonyl (C=O) groups excluding carboxylic acids is 4. The lowest BCUT2D eigenvalue weighted by Gasteiger charge is -2.39. The highest BCUT2D eigenvalue weighted by Crippen LogP contribution is 2.40. The molecule has 0 N–H and O–H groups in total. The highest BCUT2D eigenvalue weighted by molar-refractivity contribution is 8.14. The number of hydrogen-bond acceptors (Lipinski definition) is 8. The first-order valence-electron chi connectivity index (χ1n) is 13.3. The number of amides is 1. The molecule has 10 heteroatoms. The Morgan fingerprint density at radius 3 is 2.55 bits per heavy atom. The summed E-state index contributed by atoms with van der Waals surface area (Å²) in [6.45, 7) is 6.31. The SMILES string of the molecule is CCOC(=O)CN1CCN(C/C=C2/CN(C(C(=O)C3CC3)c3ccccc3F)CCC2SC(C)=O)CC1=O. The summed E-state index contributed by atoms with van der Waals surface area (Å²) >= 11 is 1.28. The van der Waals surface area contributed by atoms with Crippen molar-refractivity contribution >= 4 is 34.5 Å². The molecule has 0 spiro atoms. The summed E-state index contributed by atoms with van der Waals surface area (Å²) < 4.78 is 19.8. The molecule has 2 saturated heterocycles. The number of ketones is 1. The fourth-order valence-electron chi connectivity index (χ4n) is 5.14. The Labute approximate surface area is 227 Å². The smallest absolute Gasteiger partial charge is 0.325 e. The number of thioether (sulfide) groups is 1. The predicted octanol–water partition coefficient (Wildman–Crippen LogP) is 2.83. The molecule has 38 heavy (non-hydrogen) atoms. The highest BCUT2D eigenvalue weighted by Gasteiger charge is 2.41. The van der Waals surface area contributed by atoms with Crippen LogP contribution in [0.3, 0.4) is 0 Å². The van der Waals surface area contributed by atoms with Crippen LogP contribution in [0, 0.1) is 11.7 Å². The Bertz CT molecular complexity index is 1090. The van der Waals surface area contributed by atoms with Gasteiger partial charge in [0, 0.05) is 56.4 Å². The maximum atomic E-state index is 14.9. The summed E-state index contributed by atoms with van der Waals surface area (Å²) in [6.07, 6.45) is 4.42. The minimum Gasteiger partial charge on any atom is -0.465 e. The van der Waals surface area contributed by atoms with Crippen molar-refractivity contribution in [3.63, 3.8) is 0 Å². The standard InChI is InChI=1S/C28H36FN3O5S/c1-3-37-26(35)18-31-15-14-30(17-25(31)34)12-10-21-16-32(13-11-24(21)38-19(2)33)27(28(36)20-8-9-20)22-6-4-5-7-23(22)29/h4-7,10,20,24,27H,3,8-9,11-18H2,1-2H3/b21-10-. The third kappa shape index (κ3) is 7.30. The lowest BCUT2D eigenvalue weighted by Crippen LogP contribution is -2.52. The van der Waals surface area contributed by atoms with Crippen molar-refractivity contribution in [1.29, 1.82) is 0 Å². The van der Waals surface area contributed by atoms with Gasteiger partial charge in [-0.3, -0.25) is 29.0 Å². The minimum atomic E-state index is -0.650. The molecule has 1 amide bonds. The average molecular weight is 546 g/mol. The van der Waals surface area contributed by atoms with Gasteiger partial charge in [0.25, 0.3) is 0 Å². The minimum absolute atomic E-state index is 0.0201. The zero-order valence-corrected chi connectivity index (χ0v) is 22.9. The van der Waals surface area contributed by atoms with Crippen molar-refractivity contribution in [1.82, 2.24) is 14.7 Å². The van der Waals surface area contributed by atoms with Crippen LogP contribution in [0.5, 0.6) is 0 Å². The second kappa shape index (κ2) is 13.0. The van der Waals surface area contributed by atoms with Crippen molar-refractivity contribution in [2.24, 2.45) is 5.92 Å². The van der Waals surface area contributed by atoms with Gasteiger partial charge in [-0.05, 0) is 37.8 Å². The molecule has 4 rings (SSSR count). The third-order valence-electron chi connectivity index (χ3n) is 7.23. The van der Waals surface area contributed by atoms with Gasteiger partial charge in [0.2, 0.25) is 5.91 Å². The van der Waals surface area contributed by atoms with Gasteiger partial charge in [0.15, 0.2) is 10.9 Å². The van der Waals surface area contributed by atoms with Crippen LogP contribution in [0.25, 0.3) is 0 Å². The molecule has 0 bridgehead atoms. The molecule has 2 aliphatic heterocycles. The van der Waals surface area contributed by atoms with Crippen LogP contribution in [-0.4, -0.2) is 95.1 Å². The summed E-state index contributed by atoms with van der Waals surface area (Å²) in [7, 11) is 0. The van der Waals surface area contributed by atoms with E-state index >= 15 is 0 Å². The lowest BCUT2D eigenvalue weighted by atomic mass is 9.93. The third-order valence-corrected chi connectivity index (χ3v) is 8.39. The highest BCUT2D eigenvalue weighted by atomic mass is 32.2. The number of likely N-dealkylation sites (tertiary alicyclic amines) is 1. The Morgan fingerprint density at radius 2 is 1.89 bits per heavy atom. The number of piperidine rings is 1. The van der Waals surface area contributed by atoms with E-state index in [4.69, 9.17) is 4.74 Å². The monoisotopic (exact) mass is 545 g/mol. The van der Waals surface area contributed by atoms with E-state index in [1.54, 1.807) is 32.0 Å². The van der Waals surface area contributed by atoms with Crippen LogP contribution >= 0.6 is 11.8 Å². The number of benzene rings is 1. The van der Waals surface area contributed by atoms with Gasteiger partial charge >= 0.3 is 5.97 Å². The van der Waals surface area contributed by atoms with E-state index in [0.29, 0.717) is 44.7 Å². The second-order valence-corrected chi connectivity index (χ2v) is 11.5. The van der Waals surface area contributed by atoms with E-state index in [1.165, 1.54) is 22.7 Å². The molecule has 0 aromatic heterocycles. The van der Waals surface area contributed by atoms with Crippen LogP contribution in [-0.2, 0) is 23.9 Å². The van der Waals surface area contributed by atoms with Crippen molar-refractivity contribution in [2.45, 2.75) is 44.4 Å². The van der Waals surface area contributed by atoms with Gasteiger partial charge in [-0.25, -0.2) is 4.39 Å². The predicted molar refractivity (Wildman–Crippen MR) is 143 cm³/mol. The number of hydrogen-bond donors (Lipinski definition) is 0. The number of rotatable bonds is 10.